The number of carbonyl (C=O) groups is 1. The predicted molar refractivity (Wildman–Crippen MR) is 111 cm³/mol. The summed E-state index contributed by atoms with van der Waals surface area (Å²) in [4.78, 5) is 18.3. The van der Waals surface area contributed by atoms with Gasteiger partial charge in [0.25, 0.3) is 0 Å². The lowest BCUT2D eigenvalue weighted by molar-refractivity contribution is -0.136. The molecule has 29 heavy (non-hydrogen) atoms. The maximum absolute atomic E-state index is 13.4. The van der Waals surface area contributed by atoms with Crippen LogP contribution in [0.4, 0.5) is 24.5 Å². The molecular weight excluding hydrogens is 423 g/mol. The zero-order valence-electron chi connectivity index (χ0n) is 15.5. The summed E-state index contributed by atoms with van der Waals surface area (Å²) in [6.07, 6.45) is -4.74. The molecule has 9 heteroatoms. The van der Waals surface area contributed by atoms with Gasteiger partial charge in [0, 0.05) is 30.7 Å². The third-order valence-corrected chi connectivity index (χ3v) is 5.35. The van der Waals surface area contributed by atoms with Crippen LogP contribution >= 0.6 is 22.9 Å². The second-order valence-corrected chi connectivity index (χ2v) is 7.74. The SMILES string of the molecule is CN(C)c1ccc(NC(=O)Cc2csc(-c3ccccc3Cl)n2)c(C(F)(F)F)c1. The van der Waals surface area contributed by atoms with Crippen LogP contribution in [-0.4, -0.2) is 25.0 Å². The van der Waals surface area contributed by atoms with Gasteiger partial charge in [-0.3, -0.25) is 4.79 Å². The highest BCUT2D eigenvalue weighted by Crippen LogP contribution is 2.37. The van der Waals surface area contributed by atoms with E-state index in [2.05, 4.69) is 10.3 Å². The lowest BCUT2D eigenvalue weighted by Gasteiger charge is -2.18. The minimum absolute atomic E-state index is 0.145. The Morgan fingerprint density at radius 3 is 2.59 bits per heavy atom. The molecule has 1 N–H and O–H groups in total. The van der Waals surface area contributed by atoms with Crippen molar-refractivity contribution in [3.8, 4) is 10.6 Å². The zero-order chi connectivity index (χ0) is 21.2. The Balaban J connectivity index is 1.77. The molecule has 0 fully saturated rings. The van der Waals surface area contributed by atoms with Crippen molar-refractivity contribution >= 4 is 40.2 Å². The third-order valence-electron chi connectivity index (χ3n) is 4.10. The first kappa shape index (κ1) is 21.1. The number of alkyl halides is 3. The molecule has 0 spiro atoms. The number of nitrogens with one attached hydrogen (secondary N) is 1. The lowest BCUT2D eigenvalue weighted by atomic mass is 10.1. The summed E-state index contributed by atoms with van der Waals surface area (Å²) in [6, 6.07) is 11.0. The fourth-order valence-corrected chi connectivity index (χ4v) is 3.80. The molecular formula is C20H17ClF3N3OS. The molecule has 0 radical (unpaired) electrons. The van der Waals surface area contributed by atoms with Gasteiger partial charge in [0.15, 0.2) is 0 Å². The van der Waals surface area contributed by atoms with Crippen molar-refractivity contribution in [3.05, 3.63) is 64.1 Å². The molecule has 0 aliphatic heterocycles. The van der Waals surface area contributed by atoms with Gasteiger partial charge in [-0.25, -0.2) is 4.98 Å². The number of rotatable bonds is 5. The number of anilines is 2. The molecule has 0 aliphatic carbocycles. The van der Waals surface area contributed by atoms with Gasteiger partial charge in [0.1, 0.15) is 5.01 Å². The van der Waals surface area contributed by atoms with Crippen molar-refractivity contribution in [2.75, 3.05) is 24.3 Å². The zero-order valence-corrected chi connectivity index (χ0v) is 17.1. The number of hydrogen-bond acceptors (Lipinski definition) is 4. The largest absolute Gasteiger partial charge is 0.418 e. The summed E-state index contributed by atoms with van der Waals surface area (Å²) in [5.41, 5.74) is 0.409. The molecule has 0 saturated carbocycles. The quantitative estimate of drug-likeness (QED) is 0.552. The molecule has 1 aromatic heterocycles. The van der Waals surface area contributed by atoms with Gasteiger partial charge in [-0.2, -0.15) is 13.2 Å². The van der Waals surface area contributed by atoms with Crippen LogP contribution in [-0.2, 0) is 17.4 Å². The summed E-state index contributed by atoms with van der Waals surface area (Å²) in [6.45, 7) is 0. The molecule has 1 heterocycles. The highest BCUT2D eigenvalue weighted by molar-refractivity contribution is 7.13. The highest BCUT2D eigenvalue weighted by Gasteiger charge is 2.34. The van der Waals surface area contributed by atoms with Crippen LogP contribution in [0.2, 0.25) is 5.02 Å². The number of benzene rings is 2. The first-order valence-corrected chi connectivity index (χ1v) is 9.78. The van der Waals surface area contributed by atoms with Crippen molar-refractivity contribution in [1.82, 2.24) is 4.98 Å². The number of nitrogens with zero attached hydrogens (tertiary/aromatic N) is 2. The maximum atomic E-state index is 13.4. The van der Waals surface area contributed by atoms with E-state index in [1.54, 1.807) is 36.5 Å². The predicted octanol–water partition coefficient (Wildman–Crippen LogP) is 5.73. The summed E-state index contributed by atoms with van der Waals surface area (Å²) in [7, 11) is 3.29. The van der Waals surface area contributed by atoms with E-state index in [-0.39, 0.29) is 12.1 Å². The Labute approximate surface area is 175 Å². The second kappa shape index (κ2) is 8.42. The highest BCUT2D eigenvalue weighted by atomic mass is 35.5. The molecule has 0 saturated heterocycles. The van der Waals surface area contributed by atoms with Crippen LogP contribution in [0.1, 0.15) is 11.3 Å². The summed E-state index contributed by atoms with van der Waals surface area (Å²) < 4.78 is 40.2. The van der Waals surface area contributed by atoms with Gasteiger partial charge in [-0.15, -0.1) is 11.3 Å². The van der Waals surface area contributed by atoms with E-state index in [1.165, 1.54) is 23.5 Å². The monoisotopic (exact) mass is 439 g/mol. The van der Waals surface area contributed by atoms with Gasteiger partial charge < -0.3 is 10.2 Å². The van der Waals surface area contributed by atoms with E-state index >= 15 is 0 Å². The Hall–Kier alpha value is -2.58. The Kier molecular flexibility index (Phi) is 6.14. The van der Waals surface area contributed by atoms with Gasteiger partial charge in [0.05, 0.1) is 28.4 Å². The molecule has 4 nitrogen and oxygen atoms in total. The van der Waals surface area contributed by atoms with Gasteiger partial charge in [-0.1, -0.05) is 29.8 Å². The third kappa shape index (κ3) is 5.07. The number of halogens is 4. The van der Waals surface area contributed by atoms with Crippen LogP contribution < -0.4 is 10.2 Å². The van der Waals surface area contributed by atoms with E-state index in [1.807, 2.05) is 12.1 Å². The molecule has 3 aromatic rings. The van der Waals surface area contributed by atoms with Crippen molar-refractivity contribution in [2.45, 2.75) is 12.6 Å². The first-order chi connectivity index (χ1) is 13.6. The first-order valence-electron chi connectivity index (χ1n) is 8.53. The molecule has 0 aliphatic rings. The summed E-state index contributed by atoms with van der Waals surface area (Å²) in [5.74, 6) is -0.580. The Bertz CT molecular complexity index is 1030. The van der Waals surface area contributed by atoms with E-state index < -0.39 is 17.6 Å². The van der Waals surface area contributed by atoms with Crippen LogP contribution in [0.3, 0.4) is 0 Å². The Morgan fingerprint density at radius 2 is 1.93 bits per heavy atom. The number of thiazole rings is 1. The fraction of sp³-hybridized carbons (Fsp3) is 0.200. The molecule has 0 bridgehead atoms. The van der Waals surface area contributed by atoms with Crippen molar-refractivity contribution < 1.29 is 18.0 Å². The van der Waals surface area contributed by atoms with Crippen molar-refractivity contribution in [1.29, 1.82) is 0 Å². The normalized spacial score (nSPS) is 11.4. The maximum Gasteiger partial charge on any atom is 0.418 e. The molecule has 152 valence electrons. The molecule has 3 rings (SSSR count). The van der Waals surface area contributed by atoms with E-state index in [9.17, 15) is 18.0 Å². The van der Waals surface area contributed by atoms with Crippen LogP contribution in [0.25, 0.3) is 10.6 Å². The van der Waals surface area contributed by atoms with E-state index in [0.717, 1.165) is 11.6 Å². The van der Waals surface area contributed by atoms with Crippen LogP contribution in [0, 0.1) is 0 Å². The van der Waals surface area contributed by atoms with E-state index in [4.69, 9.17) is 11.6 Å². The van der Waals surface area contributed by atoms with Crippen LogP contribution in [0.5, 0.6) is 0 Å². The second-order valence-electron chi connectivity index (χ2n) is 6.47. The van der Waals surface area contributed by atoms with Gasteiger partial charge in [-0.05, 0) is 24.3 Å². The van der Waals surface area contributed by atoms with Crippen molar-refractivity contribution in [2.24, 2.45) is 0 Å². The minimum atomic E-state index is -4.59. The fourth-order valence-electron chi connectivity index (χ4n) is 2.66. The van der Waals surface area contributed by atoms with Crippen LogP contribution in [0.15, 0.2) is 47.8 Å². The standard InChI is InChI=1S/C20H17ClF3N3OS/c1-27(2)13-7-8-17(15(10-13)20(22,23)24)26-18(28)9-12-11-29-19(25-12)14-5-3-4-6-16(14)21/h3-8,10-11H,9H2,1-2H3,(H,26,28). The molecule has 0 atom stereocenters. The average molecular weight is 440 g/mol. The summed E-state index contributed by atoms with van der Waals surface area (Å²) in [5, 5.41) is 5.22. The number of amides is 1. The lowest BCUT2D eigenvalue weighted by Crippen LogP contribution is -2.19. The van der Waals surface area contributed by atoms with Crippen molar-refractivity contribution in [3.63, 3.8) is 0 Å². The van der Waals surface area contributed by atoms with Gasteiger partial charge >= 0.3 is 6.18 Å². The number of aromatic nitrogens is 1. The summed E-state index contributed by atoms with van der Waals surface area (Å²) >= 11 is 7.47. The molecule has 1 amide bonds. The number of carbonyl (C=O) groups excluding carboxylic acids is 1. The Morgan fingerprint density at radius 1 is 1.21 bits per heavy atom. The minimum Gasteiger partial charge on any atom is -0.378 e. The molecule has 2 aromatic carbocycles. The van der Waals surface area contributed by atoms with Gasteiger partial charge in [0.2, 0.25) is 5.91 Å². The molecule has 0 unspecified atom stereocenters. The smallest absolute Gasteiger partial charge is 0.378 e. The topological polar surface area (TPSA) is 45.2 Å². The number of hydrogen-bond donors (Lipinski definition) is 1. The van der Waals surface area contributed by atoms with E-state index in [0.29, 0.717) is 21.4 Å². The average Bonchev–Trinajstić information content (AvgIpc) is 3.09.